The van der Waals surface area contributed by atoms with Crippen molar-refractivity contribution in [2.24, 2.45) is 5.73 Å². The van der Waals surface area contributed by atoms with E-state index in [2.05, 4.69) is 5.32 Å². The minimum absolute atomic E-state index is 0. The van der Waals surface area contributed by atoms with Crippen molar-refractivity contribution in [2.75, 3.05) is 11.9 Å². The van der Waals surface area contributed by atoms with E-state index in [1.165, 1.54) is 5.56 Å². The Hall–Kier alpha value is -1.06. The average molecular weight is 271 g/mol. The Kier molecular flexibility index (Phi) is 9.33. The summed E-state index contributed by atoms with van der Waals surface area (Å²) in [7, 11) is 0. The van der Waals surface area contributed by atoms with Crippen molar-refractivity contribution in [2.45, 2.75) is 39.0 Å². The number of rotatable bonds is 7. The fourth-order valence-corrected chi connectivity index (χ4v) is 1.64. The Balaban J connectivity index is 0.00000289. The van der Waals surface area contributed by atoms with E-state index in [0.717, 1.165) is 37.9 Å². The maximum atomic E-state index is 11.6. The number of halogens is 1. The molecule has 102 valence electrons. The van der Waals surface area contributed by atoms with Crippen LogP contribution in [0.5, 0.6) is 0 Å². The third-order valence-electron chi connectivity index (χ3n) is 2.69. The first kappa shape index (κ1) is 16.9. The number of amides is 1. The van der Waals surface area contributed by atoms with Crippen molar-refractivity contribution in [3.63, 3.8) is 0 Å². The van der Waals surface area contributed by atoms with Crippen LogP contribution in [0.25, 0.3) is 0 Å². The first-order chi connectivity index (χ1) is 8.22. The van der Waals surface area contributed by atoms with E-state index in [4.69, 9.17) is 5.73 Å². The van der Waals surface area contributed by atoms with Gasteiger partial charge in [0, 0.05) is 12.1 Å². The van der Waals surface area contributed by atoms with Gasteiger partial charge < -0.3 is 11.1 Å². The average Bonchev–Trinajstić information content (AvgIpc) is 2.32. The van der Waals surface area contributed by atoms with Gasteiger partial charge >= 0.3 is 0 Å². The number of benzene rings is 1. The lowest BCUT2D eigenvalue weighted by atomic mass is 10.1. The van der Waals surface area contributed by atoms with Crippen LogP contribution in [0.15, 0.2) is 24.3 Å². The molecule has 0 atom stereocenters. The molecule has 0 aliphatic heterocycles. The highest BCUT2D eigenvalue weighted by atomic mass is 35.5. The molecule has 18 heavy (non-hydrogen) atoms. The minimum Gasteiger partial charge on any atom is -0.330 e. The second kappa shape index (κ2) is 9.92. The fraction of sp³-hybridized carbons (Fsp3) is 0.500. The smallest absolute Gasteiger partial charge is 0.224 e. The Morgan fingerprint density at radius 1 is 1.11 bits per heavy atom. The van der Waals surface area contributed by atoms with Gasteiger partial charge in [0.05, 0.1) is 0 Å². The summed E-state index contributed by atoms with van der Waals surface area (Å²) in [5.41, 5.74) is 7.48. The molecule has 1 rings (SSSR count). The summed E-state index contributed by atoms with van der Waals surface area (Å²) >= 11 is 0. The third kappa shape index (κ3) is 7.30. The van der Waals surface area contributed by atoms with E-state index < -0.39 is 0 Å². The number of unbranched alkanes of at least 4 members (excludes halogenated alkanes) is 3. The van der Waals surface area contributed by atoms with Gasteiger partial charge in [0.1, 0.15) is 0 Å². The van der Waals surface area contributed by atoms with Crippen LogP contribution in [0.4, 0.5) is 5.69 Å². The van der Waals surface area contributed by atoms with Crippen molar-refractivity contribution in [1.82, 2.24) is 0 Å². The van der Waals surface area contributed by atoms with Gasteiger partial charge in [0.15, 0.2) is 0 Å². The normalized spacial score (nSPS) is 9.67. The predicted molar refractivity (Wildman–Crippen MR) is 79.2 cm³/mol. The molecule has 1 amide bonds. The Morgan fingerprint density at radius 3 is 2.33 bits per heavy atom. The highest BCUT2D eigenvalue weighted by Gasteiger charge is 2.01. The molecular formula is C14H23ClN2O. The van der Waals surface area contributed by atoms with Crippen LogP contribution in [-0.2, 0) is 4.79 Å². The maximum absolute atomic E-state index is 11.6. The summed E-state index contributed by atoms with van der Waals surface area (Å²) in [4.78, 5) is 11.6. The zero-order valence-corrected chi connectivity index (χ0v) is 11.8. The van der Waals surface area contributed by atoms with Crippen molar-refractivity contribution in [3.05, 3.63) is 29.8 Å². The van der Waals surface area contributed by atoms with E-state index in [0.29, 0.717) is 6.42 Å². The van der Waals surface area contributed by atoms with Crippen LogP contribution < -0.4 is 11.1 Å². The Bertz CT molecular complexity index is 338. The van der Waals surface area contributed by atoms with E-state index in [9.17, 15) is 4.79 Å². The summed E-state index contributed by atoms with van der Waals surface area (Å²) in [5, 5.41) is 2.90. The maximum Gasteiger partial charge on any atom is 0.224 e. The number of hydrogen-bond donors (Lipinski definition) is 2. The van der Waals surface area contributed by atoms with E-state index in [1.807, 2.05) is 31.2 Å². The number of nitrogens with two attached hydrogens (primary N) is 1. The number of carbonyl (C=O) groups is 1. The number of aryl methyl sites for hydroxylation is 1. The van der Waals surface area contributed by atoms with E-state index in [-0.39, 0.29) is 18.3 Å². The van der Waals surface area contributed by atoms with Crippen LogP contribution in [0, 0.1) is 6.92 Å². The molecular weight excluding hydrogens is 248 g/mol. The molecule has 0 saturated heterocycles. The van der Waals surface area contributed by atoms with Crippen LogP contribution >= 0.6 is 12.4 Å². The van der Waals surface area contributed by atoms with Crippen LogP contribution in [-0.4, -0.2) is 12.5 Å². The van der Waals surface area contributed by atoms with Crippen molar-refractivity contribution in [1.29, 1.82) is 0 Å². The molecule has 1 aromatic rings. The topological polar surface area (TPSA) is 55.1 Å². The summed E-state index contributed by atoms with van der Waals surface area (Å²) in [6.07, 6.45) is 4.79. The highest BCUT2D eigenvalue weighted by Crippen LogP contribution is 2.10. The SMILES string of the molecule is Cc1ccc(NC(=O)CCCCCCN)cc1.Cl. The molecule has 0 heterocycles. The summed E-state index contributed by atoms with van der Waals surface area (Å²) in [5.74, 6) is 0.0987. The molecule has 3 nitrogen and oxygen atoms in total. The lowest BCUT2D eigenvalue weighted by Crippen LogP contribution is -2.11. The molecule has 0 unspecified atom stereocenters. The lowest BCUT2D eigenvalue weighted by Gasteiger charge is -2.05. The predicted octanol–water partition coefficient (Wildman–Crippen LogP) is 3.26. The van der Waals surface area contributed by atoms with Crippen molar-refractivity contribution < 1.29 is 4.79 Å². The molecule has 0 aliphatic carbocycles. The first-order valence-electron chi connectivity index (χ1n) is 6.29. The van der Waals surface area contributed by atoms with E-state index >= 15 is 0 Å². The zero-order chi connectivity index (χ0) is 12.5. The molecule has 0 fully saturated rings. The van der Waals surface area contributed by atoms with Crippen LogP contribution in [0.2, 0.25) is 0 Å². The molecule has 0 bridgehead atoms. The molecule has 0 saturated carbocycles. The van der Waals surface area contributed by atoms with E-state index in [1.54, 1.807) is 0 Å². The second-order valence-corrected chi connectivity index (χ2v) is 4.37. The standard InChI is InChI=1S/C14H22N2O.ClH/c1-12-7-9-13(10-8-12)16-14(17)6-4-2-3-5-11-15;/h7-10H,2-6,11,15H2,1H3,(H,16,17);1H. The fourth-order valence-electron chi connectivity index (χ4n) is 1.64. The number of nitrogens with one attached hydrogen (secondary N) is 1. The molecule has 0 spiro atoms. The summed E-state index contributed by atoms with van der Waals surface area (Å²) in [6.45, 7) is 2.78. The van der Waals surface area contributed by atoms with Crippen molar-refractivity contribution in [3.8, 4) is 0 Å². The van der Waals surface area contributed by atoms with Gasteiger partial charge in [-0.1, -0.05) is 30.5 Å². The van der Waals surface area contributed by atoms with Crippen LogP contribution in [0.1, 0.15) is 37.7 Å². The number of carbonyl (C=O) groups excluding carboxylic acids is 1. The minimum atomic E-state index is 0. The summed E-state index contributed by atoms with van der Waals surface area (Å²) < 4.78 is 0. The van der Waals surface area contributed by atoms with Crippen molar-refractivity contribution >= 4 is 24.0 Å². The number of hydrogen-bond acceptors (Lipinski definition) is 2. The second-order valence-electron chi connectivity index (χ2n) is 4.37. The quantitative estimate of drug-likeness (QED) is 0.747. The Labute approximate surface area is 116 Å². The van der Waals surface area contributed by atoms with Gasteiger partial charge in [-0.25, -0.2) is 0 Å². The number of anilines is 1. The van der Waals surface area contributed by atoms with Gasteiger partial charge in [-0.05, 0) is 38.4 Å². The molecule has 0 aliphatic rings. The summed E-state index contributed by atoms with van der Waals surface area (Å²) in [6, 6.07) is 7.86. The van der Waals surface area contributed by atoms with Gasteiger partial charge in [-0.3, -0.25) is 4.79 Å². The van der Waals surface area contributed by atoms with Gasteiger partial charge in [0.2, 0.25) is 5.91 Å². The molecule has 0 aromatic heterocycles. The van der Waals surface area contributed by atoms with Gasteiger partial charge in [-0.15, -0.1) is 12.4 Å². The largest absolute Gasteiger partial charge is 0.330 e. The van der Waals surface area contributed by atoms with Gasteiger partial charge in [-0.2, -0.15) is 0 Å². The molecule has 3 N–H and O–H groups in total. The molecule has 0 radical (unpaired) electrons. The highest BCUT2D eigenvalue weighted by molar-refractivity contribution is 5.90. The zero-order valence-electron chi connectivity index (χ0n) is 10.9. The lowest BCUT2D eigenvalue weighted by molar-refractivity contribution is -0.116. The monoisotopic (exact) mass is 270 g/mol. The Morgan fingerprint density at radius 2 is 1.72 bits per heavy atom. The molecule has 1 aromatic carbocycles. The van der Waals surface area contributed by atoms with Gasteiger partial charge in [0.25, 0.3) is 0 Å². The third-order valence-corrected chi connectivity index (χ3v) is 2.69. The van der Waals surface area contributed by atoms with Crippen LogP contribution in [0.3, 0.4) is 0 Å². The molecule has 4 heteroatoms. The first-order valence-corrected chi connectivity index (χ1v) is 6.29.